The standard InChI is InChI=1S/C19H22N4O3/c24-17(20-11-16-22-19(26-23-16)13-4-5-13)8-9-18(25)21-15-7-6-12-2-1-3-14(12)10-15/h6-7,10,13H,1-5,8-9,11H2,(H,20,24)(H,21,25). The number of anilines is 1. The van der Waals surface area contributed by atoms with Crippen molar-refractivity contribution in [3.63, 3.8) is 0 Å². The van der Waals surface area contributed by atoms with Gasteiger partial charge in [0.05, 0.1) is 6.54 Å². The highest BCUT2D eigenvalue weighted by molar-refractivity contribution is 5.93. The molecule has 1 fully saturated rings. The van der Waals surface area contributed by atoms with Crippen LogP contribution in [0.1, 0.15) is 60.9 Å². The molecule has 7 heteroatoms. The Balaban J connectivity index is 1.19. The van der Waals surface area contributed by atoms with Gasteiger partial charge in [0, 0.05) is 24.4 Å². The van der Waals surface area contributed by atoms with Crippen molar-refractivity contribution < 1.29 is 14.1 Å². The lowest BCUT2D eigenvalue weighted by Gasteiger charge is -2.07. The average molecular weight is 354 g/mol. The molecule has 0 bridgehead atoms. The maximum atomic E-state index is 12.0. The molecule has 0 radical (unpaired) electrons. The second-order valence-electron chi connectivity index (χ2n) is 6.99. The summed E-state index contributed by atoms with van der Waals surface area (Å²) in [7, 11) is 0. The van der Waals surface area contributed by atoms with Gasteiger partial charge in [-0.2, -0.15) is 4.98 Å². The van der Waals surface area contributed by atoms with Crippen molar-refractivity contribution in [2.45, 2.75) is 57.4 Å². The Morgan fingerprint density at radius 1 is 1.12 bits per heavy atom. The van der Waals surface area contributed by atoms with E-state index in [4.69, 9.17) is 4.52 Å². The molecule has 2 aromatic rings. The van der Waals surface area contributed by atoms with Crippen molar-refractivity contribution in [2.75, 3.05) is 5.32 Å². The van der Waals surface area contributed by atoms with E-state index >= 15 is 0 Å². The average Bonchev–Trinajstić information content (AvgIpc) is 3.19. The first-order chi connectivity index (χ1) is 12.7. The number of rotatable bonds is 7. The quantitative estimate of drug-likeness (QED) is 0.796. The molecule has 0 atom stereocenters. The van der Waals surface area contributed by atoms with Gasteiger partial charge in [0.2, 0.25) is 17.7 Å². The van der Waals surface area contributed by atoms with Crippen LogP contribution in [0.5, 0.6) is 0 Å². The molecular formula is C19H22N4O3. The summed E-state index contributed by atoms with van der Waals surface area (Å²) in [5, 5.41) is 9.43. The highest BCUT2D eigenvalue weighted by atomic mass is 16.5. The van der Waals surface area contributed by atoms with Crippen molar-refractivity contribution in [3.05, 3.63) is 41.0 Å². The van der Waals surface area contributed by atoms with E-state index in [1.807, 2.05) is 12.1 Å². The minimum Gasteiger partial charge on any atom is -0.349 e. The van der Waals surface area contributed by atoms with Gasteiger partial charge in [-0.3, -0.25) is 9.59 Å². The minimum absolute atomic E-state index is 0.129. The number of hydrogen-bond donors (Lipinski definition) is 2. The second kappa shape index (κ2) is 7.27. The summed E-state index contributed by atoms with van der Waals surface area (Å²) in [5.74, 6) is 1.17. The van der Waals surface area contributed by atoms with E-state index in [0.29, 0.717) is 17.6 Å². The van der Waals surface area contributed by atoms with E-state index in [-0.39, 0.29) is 31.2 Å². The summed E-state index contributed by atoms with van der Waals surface area (Å²) in [6, 6.07) is 6.04. The molecule has 1 aromatic heterocycles. The normalized spacial score (nSPS) is 15.5. The number of fused-ring (bicyclic) bond motifs is 1. The predicted molar refractivity (Wildman–Crippen MR) is 94.5 cm³/mol. The topological polar surface area (TPSA) is 97.1 Å². The molecule has 4 rings (SSSR count). The molecular weight excluding hydrogens is 332 g/mol. The van der Waals surface area contributed by atoms with E-state index in [2.05, 4.69) is 26.8 Å². The first-order valence-corrected chi connectivity index (χ1v) is 9.18. The molecule has 1 heterocycles. The van der Waals surface area contributed by atoms with Gasteiger partial charge in [-0.1, -0.05) is 11.2 Å². The van der Waals surface area contributed by atoms with Crippen molar-refractivity contribution in [3.8, 4) is 0 Å². The number of nitrogens with zero attached hydrogens (tertiary/aromatic N) is 2. The van der Waals surface area contributed by atoms with Crippen molar-refractivity contribution >= 4 is 17.5 Å². The van der Waals surface area contributed by atoms with Crippen LogP contribution >= 0.6 is 0 Å². The Hall–Kier alpha value is -2.70. The molecule has 136 valence electrons. The number of hydrogen-bond acceptors (Lipinski definition) is 5. The summed E-state index contributed by atoms with van der Waals surface area (Å²) in [4.78, 5) is 28.2. The Morgan fingerprint density at radius 3 is 2.77 bits per heavy atom. The number of amides is 2. The number of carbonyl (C=O) groups is 2. The van der Waals surface area contributed by atoms with Crippen LogP contribution in [0.2, 0.25) is 0 Å². The number of benzene rings is 1. The largest absolute Gasteiger partial charge is 0.349 e. The van der Waals surface area contributed by atoms with Crippen molar-refractivity contribution in [2.24, 2.45) is 0 Å². The smallest absolute Gasteiger partial charge is 0.229 e. The van der Waals surface area contributed by atoms with Gasteiger partial charge in [0.15, 0.2) is 5.82 Å². The zero-order valence-corrected chi connectivity index (χ0v) is 14.6. The van der Waals surface area contributed by atoms with E-state index in [9.17, 15) is 9.59 Å². The van der Waals surface area contributed by atoms with Gasteiger partial charge < -0.3 is 15.2 Å². The van der Waals surface area contributed by atoms with Gasteiger partial charge in [0.25, 0.3) is 0 Å². The van der Waals surface area contributed by atoms with Crippen molar-refractivity contribution in [1.82, 2.24) is 15.5 Å². The van der Waals surface area contributed by atoms with Crippen LogP contribution in [0.25, 0.3) is 0 Å². The predicted octanol–water partition coefficient (Wildman–Crippen LogP) is 2.47. The third-order valence-corrected chi connectivity index (χ3v) is 4.82. The molecule has 0 spiro atoms. The number of aromatic nitrogens is 2. The molecule has 0 unspecified atom stereocenters. The Labute approximate surface area is 151 Å². The first-order valence-electron chi connectivity index (χ1n) is 9.18. The lowest BCUT2D eigenvalue weighted by atomic mass is 10.1. The SMILES string of the molecule is O=C(CCC(=O)Nc1ccc2c(c1)CCC2)NCc1noc(C2CC2)n1. The van der Waals surface area contributed by atoms with E-state index in [1.54, 1.807) is 0 Å². The van der Waals surface area contributed by atoms with Crippen LogP contribution in [0.3, 0.4) is 0 Å². The molecule has 2 aliphatic carbocycles. The molecule has 2 amide bonds. The Morgan fingerprint density at radius 2 is 1.92 bits per heavy atom. The zero-order valence-electron chi connectivity index (χ0n) is 14.6. The maximum Gasteiger partial charge on any atom is 0.229 e. The molecule has 7 nitrogen and oxygen atoms in total. The van der Waals surface area contributed by atoms with E-state index < -0.39 is 0 Å². The highest BCUT2D eigenvalue weighted by Gasteiger charge is 2.29. The fourth-order valence-electron chi connectivity index (χ4n) is 3.20. The van der Waals surface area contributed by atoms with E-state index in [0.717, 1.165) is 31.4 Å². The lowest BCUT2D eigenvalue weighted by molar-refractivity contribution is -0.124. The molecule has 1 aromatic carbocycles. The number of carbonyl (C=O) groups excluding carboxylic acids is 2. The Bertz CT molecular complexity index is 826. The molecule has 0 saturated heterocycles. The summed E-state index contributed by atoms with van der Waals surface area (Å²) >= 11 is 0. The van der Waals surface area contributed by atoms with Crippen molar-refractivity contribution in [1.29, 1.82) is 0 Å². The third kappa shape index (κ3) is 4.09. The number of nitrogens with one attached hydrogen (secondary N) is 2. The summed E-state index contributed by atoms with van der Waals surface area (Å²) in [6.45, 7) is 0.224. The van der Waals surface area contributed by atoms with E-state index in [1.165, 1.54) is 17.5 Å². The minimum atomic E-state index is -0.202. The molecule has 2 N–H and O–H groups in total. The van der Waals surface area contributed by atoms with Crippen LogP contribution in [-0.4, -0.2) is 22.0 Å². The zero-order chi connectivity index (χ0) is 17.9. The van der Waals surface area contributed by atoms with Gasteiger partial charge >= 0.3 is 0 Å². The fourth-order valence-corrected chi connectivity index (χ4v) is 3.20. The van der Waals surface area contributed by atoms with Gasteiger partial charge in [-0.25, -0.2) is 0 Å². The molecule has 26 heavy (non-hydrogen) atoms. The van der Waals surface area contributed by atoms with Crippen LogP contribution < -0.4 is 10.6 Å². The van der Waals surface area contributed by atoms with Crippen LogP contribution in [0.15, 0.2) is 22.7 Å². The lowest BCUT2D eigenvalue weighted by Crippen LogP contribution is -2.25. The highest BCUT2D eigenvalue weighted by Crippen LogP contribution is 2.38. The summed E-state index contributed by atoms with van der Waals surface area (Å²) in [6.07, 6.45) is 5.81. The second-order valence-corrected chi connectivity index (χ2v) is 6.99. The van der Waals surface area contributed by atoms with Crippen LogP contribution in [0, 0.1) is 0 Å². The first kappa shape index (κ1) is 16.8. The maximum absolute atomic E-state index is 12.0. The van der Waals surface area contributed by atoms with Gasteiger partial charge in [-0.15, -0.1) is 0 Å². The van der Waals surface area contributed by atoms with Crippen LogP contribution in [-0.2, 0) is 29.0 Å². The molecule has 0 aliphatic heterocycles. The summed E-state index contributed by atoms with van der Waals surface area (Å²) in [5.41, 5.74) is 3.48. The molecule has 1 saturated carbocycles. The summed E-state index contributed by atoms with van der Waals surface area (Å²) < 4.78 is 5.14. The molecule has 2 aliphatic rings. The number of aryl methyl sites for hydroxylation is 2. The van der Waals surface area contributed by atoms with Gasteiger partial charge in [-0.05, 0) is 55.4 Å². The van der Waals surface area contributed by atoms with Gasteiger partial charge in [0.1, 0.15) is 0 Å². The van der Waals surface area contributed by atoms with Crippen LogP contribution in [0.4, 0.5) is 5.69 Å². The monoisotopic (exact) mass is 354 g/mol. The third-order valence-electron chi connectivity index (χ3n) is 4.82. The fraction of sp³-hybridized carbons (Fsp3) is 0.474. The Kier molecular flexibility index (Phi) is 4.69.